The van der Waals surface area contributed by atoms with Crippen molar-refractivity contribution in [2.24, 2.45) is 0 Å². The standard InChI is InChI=1S/C16H10F3N5O/c17-16(18,19)15-20-14(22-25-15)11-7-5-10(6-8-11)9-24-13-4-2-1-3-12(13)21-23-24/h1-8H,9H2. The lowest BCUT2D eigenvalue weighted by atomic mass is 10.1. The molecule has 4 rings (SSSR count). The van der Waals surface area contributed by atoms with Crippen molar-refractivity contribution in [2.45, 2.75) is 12.7 Å². The van der Waals surface area contributed by atoms with Crippen molar-refractivity contribution in [1.82, 2.24) is 25.1 Å². The van der Waals surface area contributed by atoms with Crippen LogP contribution < -0.4 is 0 Å². The monoisotopic (exact) mass is 345 g/mol. The molecule has 0 atom stereocenters. The number of rotatable bonds is 3. The Balaban J connectivity index is 1.57. The minimum absolute atomic E-state index is 0.106. The summed E-state index contributed by atoms with van der Waals surface area (Å²) >= 11 is 0. The zero-order valence-corrected chi connectivity index (χ0v) is 12.6. The van der Waals surface area contributed by atoms with Gasteiger partial charge in [-0.3, -0.25) is 0 Å². The topological polar surface area (TPSA) is 69.6 Å². The molecule has 9 heteroatoms. The van der Waals surface area contributed by atoms with E-state index in [1.54, 1.807) is 28.9 Å². The van der Waals surface area contributed by atoms with Gasteiger partial charge in [0.2, 0.25) is 5.82 Å². The normalized spacial score (nSPS) is 12.0. The molecule has 4 aromatic rings. The van der Waals surface area contributed by atoms with E-state index >= 15 is 0 Å². The highest BCUT2D eigenvalue weighted by Crippen LogP contribution is 2.29. The van der Waals surface area contributed by atoms with Gasteiger partial charge in [0.15, 0.2) is 0 Å². The van der Waals surface area contributed by atoms with Crippen LogP contribution in [0.3, 0.4) is 0 Å². The Morgan fingerprint density at radius 3 is 2.48 bits per heavy atom. The average molecular weight is 345 g/mol. The minimum Gasteiger partial charge on any atom is -0.329 e. The number of fused-ring (bicyclic) bond motifs is 1. The molecule has 0 saturated heterocycles. The molecule has 0 amide bonds. The number of hydrogen-bond donors (Lipinski definition) is 0. The van der Waals surface area contributed by atoms with Gasteiger partial charge in [-0.25, -0.2) is 4.68 Å². The lowest BCUT2D eigenvalue weighted by molar-refractivity contribution is -0.159. The molecule has 0 radical (unpaired) electrons. The van der Waals surface area contributed by atoms with Gasteiger partial charge in [0.05, 0.1) is 12.1 Å². The smallest absolute Gasteiger partial charge is 0.329 e. The zero-order valence-electron chi connectivity index (χ0n) is 12.6. The number of alkyl halides is 3. The van der Waals surface area contributed by atoms with Crippen LogP contribution in [0.1, 0.15) is 11.5 Å². The molecule has 0 spiro atoms. The first-order valence-corrected chi connectivity index (χ1v) is 7.29. The SMILES string of the molecule is FC(F)(F)c1nc(-c2ccc(Cn3nnc4ccccc43)cc2)no1. The number of aromatic nitrogens is 5. The predicted molar refractivity (Wildman–Crippen MR) is 81.4 cm³/mol. The quantitative estimate of drug-likeness (QED) is 0.568. The van der Waals surface area contributed by atoms with Crippen LogP contribution in [0.4, 0.5) is 13.2 Å². The van der Waals surface area contributed by atoms with Crippen LogP contribution in [-0.2, 0) is 12.7 Å². The molecule has 0 aliphatic heterocycles. The lowest BCUT2D eigenvalue weighted by Gasteiger charge is -2.03. The molecule has 0 aliphatic carbocycles. The maximum absolute atomic E-state index is 12.5. The van der Waals surface area contributed by atoms with Crippen molar-refractivity contribution in [3.05, 3.63) is 60.0 Å². The van der Waals surface area contributed by atoms with Crippen molar-refractivity contribution >= 4 is 11.0 Å². The van der Waals surface area contributed by atoms with Gasteiger partial charge in [-0.1, -0.05) is 46.8 Å². The van der Waals surface area contributed by atoms with E-state index < -0.39 is 12.1 Å². The van der Waals surface area contributed by atoms with Gasteiger partial charge >= 0.3 is 12.1 Å². The summed E-state index contributed by atoms with van der Waals surface area (Å²) in [7, 11) is 0. The summed E-state index contributed by atoms with van der Waals surface area (Å²) in [5.41, 5.74) is 3.05. The fourth-order valence-electron chi connectivity index (χ4n) is 2.42. The average Bonchev–Trinajstić information content (AvgIpc) is 3.23. The van der Waals surface area contributed by atoms with Crippen molar-refractivity contribution < 1.29 is 17.7 Å². The summed E-state index contributed by atoms with van der Waals surface area (Å²) in [6, 6.07) is 14.4. The third kappa shape index (κ3) is 2.95. The second-order valence-corrected chi connectivity index (χ2v) is 5.35. The van der Waals surface area contributed by atoms with Crippen molar-refractivity contribution in [3.63, 3.8) is 0 Å². The Bertz CT molecular complexity index is 1020. The van der Waals surface area contributed by atoms with E-state index in [0.717, 1.165) is 16.6 Å². The fraction of sp³-hybridized carbons (Fsp3) is 0.125. The second-order valence-electron chi connectivity index (χ2n) is 5.35. The van der Waals surface area contributed by atoms with E-state index in [9.17, 15) is 13.2 Å². The Kier molecular flexibility index (Phi) is 3.48. The third-order valence-corrected chi connectivity index (χ3v) is 3.63. The maximum Gasteiger partial charge on any atom is 0.471 e. The van der Waals surface area contributed by atoms with Gasteiger partial charge in [-0.05, 0) is 17.7 Å². The van der Waals surface area contributed by atoms with Crippen LogP contribution in [0.5, 0.6) is 0 Å². The second kappa shape index (κ2) is 5.69. The highest BCUT2D eigenvalue weighted by molar-refractivity contribution is 5.73. The van der Waals surface area contributed by atoms with Crippen LogP contribution in [0.25, 0.3) is 22.4 Å². The molecule has 0 unspecified atom stereocenters. The Morgan fingerprint density at radius 1 is 1.00 bits per heavy atom. The van der Waals surface area contributed by atoms with E-state index in [0.29, 0.717) is 12.1 Å². The van der Waals surface area contributed by atoms with Crippen LogP contribution in [-0.4, -0.2) is 25.1 Å². The fourth-order valence-corrected chi connectivity index (χ4v) is 2.42. The molecule has 0 aliphatic rings. The van der Waals surface area contributed by atoms with Gasteiger partial charge in [0.25, 0.3) is 0 Å². The van der Waals surface area contributed by atoms with E-state index in [2.05, 4.69) is 25.0 Å². The molecule has 126 valence electrons. The largest absolute Gasteiger partial charge is 0.471 e. The molecule has 0 fully saturated rings. The van der Waals surface area contributed by atoms with E-state index in [-0.39, 0.29) is 5.82 Å². The van der Waals surface area contributed by atoms with Gasteiger partial charge < -0.3 is 4.52 Å². The molecule has 0 bridgehead atoms. The summed E-state index contributed by atoms with van der Waals surface area (Å²) in [6.45, 7) is 0.487. The van der Waals surface area contributed by atoms with Crippen molar-refractivity contribution in [2.75, 3.05) is 0 Å². The first-order chi connectivity index (χ1) is 12.0. The first kappa shape index (κ1) is 15.3. The molecule has 2 aromatic heterocycles. The summed E-state index contributed by atoms with van der Waals surface area (Å²) in [6.07, 6.45) is -4.65. The van der Waals surface area contributed by atoms with Crippen LogP contribution in [0.2, 0.25) is 0 Å². The highest BCUT2D eigenvalue weighted by atomic mass is 19.4. The predicted octanol–water partition coefficient (Wildman–Crippen LogP) is 3.55. The Labute approximate surface area is 138 Å². The summed E-state index contributed by atoms with van der Waals surface area (Å²) in [4.78, 5) is 3.37. The van der Waals surface area contributed by atoms with Gasteiger partial charge in [0.1, 0.15) is 5.52 Å². The zero-order chi connectivity index (χ0) is 17.4. The lowest BCUT2D eigenvalue weighted by Crippen LogP contribution is -2.04. The molecule has 25 heavy (non-hydrogen) atoms. The highest BCUT2D eigenvalue weighted by Gasteiger charge is 2.38. The molecule has 0 N–H and O–H groups in total. The molecule has 2 heterocycles. The van der Waals surface area contributed by atoms with E-state index in [1.165, 1.54) is 0 Å². The number of halogens is 3. The summed E-state index contributed by atoms with van der Waals surface area (Å²) < 4.78 is 43.5. The molecular weight excluding hydrogens is 335 g/mol. The summed E-state index contributed by atoms with van der Waals surface area (Å²) in [5, 5.41) is 11.5. The number of benzene rings is 2. The number of para-hydroxylation sites is 1. The van der Waals surface area contributed by atoms with Gasteiger partial charge in [0, 0.05) is 5.56 Å². The summed E-state index contributed by atoms with van der Waals surface area (Å²) in [5.74, 6) is -1.47. The van der Waals surface area contributed by atoms with E-state index in [4.69, 9.17) is 0 Å². The third-order valence-electron chi connectivity index (χ3n) is 3.63. The minimum atomic E-state index is -4.65. The number of hydrogen-bond acceptors (Lipinski definition) is 5. The maximum atomic E-state index is 12.5. The molecule has 6 nitrogen and oxygen atoms in total. The van der Waals surface area contributed by atoms with Gasteiger partial charge in [-0.2, -0.15) is 18.2 Å². The Hall–Kier alpha value is -3.23. The van der Waals surface area contributed by atoms with Crippen LogP contribution >= 0.6 is 0 Å². The molecular formula is C16H10F3N5O. The van der Waals surface area contributed by atoms with E-state index in [1.807, 2.05) is 24.3 Å². The van der Waals surface area contributed by atoms with Gasteiger partial charge in [-0.15, -0.1) is 5.10 Å². The molecule has 0 saturated carbocycles. The Morgan fingerprint density at radius 2 is 1.76 bits per heavy atom. The molecule has 2 aromatic carbocycles. The van der Waals surface area contributed by atoms with Crippen molar-refractivity contribution in [3.8, 4) is 11.4 Å². The number of nitrogens with zero attached hydrogens (tertiary/aromatic N) is 5. The van der Waals surface area contributed by atoms with Crippen LogP contribution in [0.15, 0.2) is 53.1 Å². The first-order valence-electron chi connectivity index (χ1n) is 7.29. The van der Waals surface area contributed by atoms with Crippen LogP contribution in [0, 0.1) is 0 Å². The van der Waals surface area contributed by atoms with Crippen molar-refractivity contribution in [1.29, 1.82) is 0 Å².